The maximum Gasteiger partial charge on any atom is 0.254 e. The monoisotopic (exact) mass is 326 g/mol. The lowest BCUT2D eigenvalue weighted by molar-refractivity contribution is 0.0708. The molecular formula is C16H20Cl2N2O. The molecule has 0 N–H and O–H groups in total. The molecule has 1 aliphatic heterocycles. The summed E-state index contributed by atoms with van der Waals surface area (Å²) in [6.07, 6.45) is 3.31. The normalized spacial score (nSPS) is 30.5. The van der Waals surface area contributed by atoms with Gasteiger partial charge in [-0.25, -0.2) is 4.98 Å². The highest BCUT2D eigenvalue weighted by molar-refractivity contribution is 6.33. The summed E-state index contributed by atoms with van der Waals surface area (Å²) < 4.78 is 0. The number of carbonyl (C=O) groups is 1. The van der Waals surface area contributed by atoms with Crippen LogP contribution in [0.5, 0.6) is 0 Å². The van der Waals surface area contributed by atoms with Crippen LogP contribution in [0.2, 0.25) is 10.3 Å². The summed E-state index contributed by atoms with van der Waals surface area (Å²) in [5.41, 5.74) is 1.05. The van der Waals surface area contributed by atoms with Crippen LogP contribution in [0, 0.1) is 10.8 Å². The first-order chi connectivity index (χ1) is 9.67. The second kappa shape index (κ2) is 4.85. The van der Waals surface area contributed by atoms with Crippen LogP contribution in [0.4, 0.5) is 0 Å². The maximum absolute atomic E-state index is 12.8. The van der Waals surface area contributed by atoms with E-state index in [0.717, 1.165) is 25.8 Å². The lowest BCUT2D eigenvalue weighted by atomic mass is 9.65. The fourth-order valence-electron chi connectivity index (χ4n) is 4.45. The van der Waals surface area contributed by atoms with Crippen molar-refractivity contribution in [2.45, 2.75) is 46.1 Å². The molecule has 1 aliphatic carbocycles. The lowest BCUT2D eigenvalue weighted by Gasteiger charge is -2.39. The van der Waals surface area contributed by atoms with Gasteiger partial charge in [0.2, 0.25) is 0 Å². The minimum atomic E-state index is 0.0209. The van der Waals surface area contributed by atoms with E-state index in [9.17, 15) is 4.79 Å². The van der Waals surface area contributed by atoms with Gasteiger partial charge >= 0.3 is 0 Å². The molecule has 1 saturated heterocycles. The van der Waals surface area contributed by atoms with E-state index in [2.05, 4.69) is 25.8 Å². The highest BCUT2D eigenvalue weighted by Gasteiger charge is 2.51. The van der Waals surface area contributed by atoms with Gasteiger partial charge in [-0.2, -0.15) is 0 Å². The van der Waals surface area contributed by atoms with Crippen molar-refractivity contribution in [1.29, 1.82) is 0 Å². The molecule has 2 aliphatic rings. The van der Waals surface area contributed by atoms with E-state index < -0.39 is 0 Å². The van der Waals surface area contributed by atoms with Crippen LogP contribution in [0.1, 0.15) is 50.4 Å². The first kappa shape index (κ1) is 15.1. The zero-order valence-electron chi connectivity index (χ0n) is 12.6. The molecule has 1 aromatic rings. The van der Waals surface area contributed by atoms with E-state index in [1.807, 2.05) is 4.90 Å². The number of likely N-dealkylation sites (tertiary alicyclic amines) is 1. The van der Waals surface area contributed by atoms with Crippen LogP contribution in [0.3, 0.4) is 0 Å². The van der Waals surface area contributed by atoms with Crippen LogP contribution < -0.4 is 0 Å². The Morgan fingerprint density at radius 3 is 2.48 bits per heavy atom. The molecule has 0 spiro atoms. The number of hydrogen-bond acceptors (Lipinski definition) is 2. The molecule has 0 aromatic carbocycles. The number of pyridine rings is 1. The third-order valence-corrected chi connectivity index (χ3v) is 5.07. The van der Waals surface area contributed by atoms with Gasteiger partial charge in [0.15, 0.2) is 0 Å². The summed E-state index contributed by atoms with van der Waals surface area (Å²) in [4.78, 5) is 18.7. The van der Waals surface area contributed by atoms with Crippen molar-refractivity contribution in [3.8, 4) is 0 Å². The fourth-order valence-corrected chi connectivity index (χ4v) is 4.91. The van der Waals surface area contributed by atoms with Crippen LogP contribution >= 0.6 is 23.2 Å². The molecule has 2 unspecified atom stereocenters. The van der Waals surface area contributed by atoms with Gasteiger partial charge in [-0.3, -0.25) is 4.79 Å². The molecule has 1 aromatic heterocycles. The number of nitrogens with zero attached hydrogens (tertiary/aromatic N) is 2. The number of fused-ring (bicyclic) bond motifs is 2. The average Bonchev–Trinajstić information content (AvgIpc) is 2.56. The molecule has 5 heteroatoms. The molecule has 1 amide bonds. The second-order valence-electron chi connectivity index (χ2n) is 7.65. The maximum atomic E-state index is 12.8. The molecule has 2 heterocycles. The van der Waals surface area contributed by atoms with Gasteiger partial charge in [0.1, 0.15) is 10.3 Å². The summed E-state index contributed by atoms with van der Waals surface area (Å²) in [5, 5.41) is 0.527. The summed E-state index contributed by atoms with van der Waals surface area (Å²) in [7, 11) is 0. The lowest BCUT2D eigenvalue weighted by Crippen LogP contribution is -2.37. The summed E-state index contributed by atoms with van der Waals surface area (Å²) in [5.74, 6) is 0.0209. The van der Waals surface area contributed by atoms with Crippen molar-refractivity contribution >= 4 is 29.1 Å². The van der Waals surface area contributed by atoms with Crippen molar-refractivity contribution in [3.05, 3.63) is 28.0 Å². The van der Waals surface area contributed by atoms with E-state index in [1.54, 1.807) is 12.1 Å². The zero-order chi connectivity index (χ0) is 15.4. The predicted octanol–water partition coefficient (Wildman–Crippen LogP) is 4.43. The van der Waals surface area contributed by atoms with Gasteiger partial charge in [-0.05, 0) is 42.2 Å². The zero-order valence-corrected chi connectivity index (χ0v) is 14.1. The van der Waals surface area contributed by atoms with Crippen LogP contribution in [-0.4, -0.2) is 28.4 Å². The quantitative estimate of drug-likeness (QED) is 0.715. The van der Waals surface area contributed by atoms with Gasteiger partial charge in [0.05, 0.1) is 0 Å². The summed E-state index contributed by atoms with van der Waals surface area (Å²) >= 11 is 11.8. The molecule has 3 nitrogen and oxygen atoms in total. The standard InChI is InChI=1S/C16H20Cl2N2O/c1-15(2)6-11-7-16(3,8-15)9-20(11)14(21)10-4-12(17)19-13(18)5-10/h4-5,11H,6-9H2,1-3H3. The molecular weight excluding hydrogens is 307 g/mol. The third-order valence-electron chi connectivity index (χ3n) is 4.69. The molecule has 0 radical (unpaired) electrons. The Kier molecular flexibility index (Phi) is 3.49. The number of halogens is 2. The predicted molar refractivity (Wildman–Crippen MR) is 84.8 cm³/mol. The number of rotatable bonds is 1. The van der Waals surface area contributed by atoms with E-state index in [4.69, 9.17) is 23.2 Å². The van der Waals surface area contributed by atoms with Crippen molar-refractivity contribution in [2.75, 3.05) is 6.54 Å². The van der Waals surface area contributed by atoms with Crippen LogP contribution in [-0.2, 0) is 0 Å². The Labute approximate surface area is 135 Å². The Bertz CT molecular complexity index is 582. The highest BCUT2D eigenvalue weighted by atomic mass is 35.5. The highest BCUT2D eigenvalue weighted by Crippen LogP contribution is 2.52. The van der Waals surface area contributed by atoms with Gasteiger partial charge in [0, 0.05) is 18.2 Å². The molecule has 3 rings (SSSR count). The van der Waals surface area contributed by atoms with Crippen molar-refractivity contribution in [3.63, 3.8) is 0 Å². The topological polar surface area (TPSA) is 33.2 Å². The van der Waals surface area contributed by atoms with Crippen LogP contribution in [0.15, 0.2) is 12.1 Å². The molecule has 21 heavy (non-hydrogen) atoms. The Morgan fingerprint density at radius 1 is 1.24 bits per heavy atom. The smallest absolute Gasteiger partial charge is 0.254 e. The van der Waals surface area contributed by atoms with E-state index in [0.29, 0.717) is 17.0 Å². The Hall–Kier alpha value is -0.800. The number of amides is 1. The number of carbonyl (C=O) groups excluding carboxylic acids is 1. The molecule has 114 valence electrons. The Morgan fingerprint density at radius 2 is 1.86 bits per heavy atom. The molecule has 2 fully saturated rings. The number of hydrogen-bond donors (Lipinski definition) is 0. The van der Waals surface area contributed by atoms with Gasteiger partial charge in [-0.1, -0.05) is 44.0 Å². The van der Waals surface area contributed by atoms with Crippen molar-refractivity contribution in [1.82, 2.24) is 9.88 Å². The minimum absolute atomic E-state index is 0.0209. The first-order valence-corrected chi connectivity index (χ1v) is 8.07. The third kappa shape index (κ3) is 2.91. The SMILES string of the molecule is CC1(C)CC2CC(C)(CN2C(=O)c2cc(Cl)nc(Cl)c2)C1. The first-order valence-electron chi connectivity index (χ1n) is 7.32. The van der Waals surface area contributed by atoms with Gasteiger partial charge < -0.3 is 4.90 Å². The van der Waals surface area contributed by atoms with E-state index in [1.165, 1.54) is 0 Å². The minimum Gasteiger partial charge on any atom is -0.335 e. The van der Waals surface area contributed by atoms with E-state index >= 15 is 0 Å². The molecule has 2 atom stereocenters. The largest absolute Gasteiger partial charge is 0.335 e. The van der Waals surface area contributed by atoms with Crippen LogP contribution in [0.25, 0.3) is 0 Å². The fraction of sp³-hybridized carbons (Fsp3) is 0.625. The van der Waals surface area contributed by atoms with E-state index in [-0.39, 0.29) is 21.6 Å². The van der Waals surface area contributed by atoms with Crippen molar-refractivity contribution < 1.29 is 4.79 Å². The number of aromatic nitrogens is 1. The van der Waals surface area contributed by atoms with Crippen molar-refractivity contribution in [2.24, 2.45) is 10.8 Å². The average molecular weight is 327 g/mol. The summed E-state index contributed by atoms with van der Waals surface area (Å²) in [6.45, 7) is 7.70. The molecule has 1 saturated carbocycles. The van der Waals surface area contributed by atoms with Gasteiger partial charge in [0.25, 0.3) is 5.91 Å². The summed E-state index contributed by atoms with van der Waals surface area (Å²) in [6, 6.07) is 3.52. The molecule has 2 bridgehead atoms. The van der Waals surface area contributed by atoms with Gasteiger partial charge in [-0.15, -0.1) is 0 Å². The second-order valence-corrected chi connectivity index (χ2v) is 8.42. The Balaban J connectivity index is 1.89.